The summed E-state index contributed by atoms with van der Waals surface area (Å²) < 4.78 is 29.4. The van der Waals surface area contributed by atoms with Crippen LogP contribution in [0.15, 0.2) is 54.6 Å². The topological polar surface area (TPSA) is 82.1 Å². The lowest BCUT2D eigenvalue weighted by atomic mass is 9.87. The summed E-state index contributed by atoms with van der Waals surface area (Å²) in [6.07, 6.45) is 3.47. The summed E-state index contributed by atoms with van der Waals surface area (Å²) in [5.74, 6) is -2.22. The second-order valence-corrected chi connectivity index (χ2v) is 9.38. The van der Waals surface area contributed by atoms with Gasteiger partial charge in [0.1, 0.15) is 24.4 Å². The molecule has 2 aromatic carbocycles. The van der Waals surface area contributed by atoms with E-state index in [1.165, 1.54) is 31.4 Å². The third kappa shape index (κ3) is 6.29. The maximum atomic E-state index is 13.2. The van der Waals surface area contributed by atoms with Gasteiger partial charge < -0.3 is 14.2 Å². The van der Waals surface area contributed by atoms with Crippen LogP contribution in [0.5, 0.6) is 0 Å². The minimum absolute atomic E-state index is 0.0905. The molecule has 2 aliphatic rings. The van der Waals surface area contributed by atoms with Gasteiger partial charge in [0.25, 0.3) is 0 Å². The zero-order valence-electron chi connectivity index (χ0n) is 20.4. The van der Waals surface area contributed by atoms with Crippen molar-refractivity contribution in [1.29, 1.82) is 0 Å². The number of halogens is 1. The Kier molecular flexibility index (Phi) is 8.70. The smallest absolute Gasteiger partial charge is 0.338 e. The highest BCUT2D eigenvalue weighted by molar-refractivity contribution is 5.89. The first-order valence-electron chi connectivity index (χ1n) is 12.5. The summed E-state index contributed by atoms with van der Waals surface area (Å²) in [5.41, 5.74) is 1.20. The number of hydrogen-bond donors (Lipinski definition) is 0. The lowest BCUT2D eigenvalue weighted by molar-refractivity contribution is -0.156. The van der Waals surface area contributed by atoms with Gasteiger partial charge in [0.05, 0.1) is 12.7 Å². The van der Waals surface area contributed by atoms with Gasteiger partial charge in [-0.1, -0.05) is 30.3 Å². The predicted molar refractivity (Wildman–Crippen MR) is 129 cm³/mol. The highest BCUT2D eigenvalue weighted by Gasteiger charge is 2.52. The van der Waals surface area contributed by atoms with E-state index in [0.717, 1.165) is 31.4 Å². The van der Waals surface area contributed by atoms with Gasteiger partial charge in [-0.15, -0.1) is 0 Å². The Bertz CT molecular complexity index is 1040. The number of carbonyl (C=O) groups excluding carboxylic acids is 3. The minimum Gasteiger partial charge on any atom is -0.469 e. The molecule has 0 spiro atoms. The summed E-state index contributed by atoms with van der Waals surface area (Å²) in [6, 6.07) is 14.8. The Labute approximate surface area is 210 Å². The van der Waals surface area contributed by atoms with E-state index in [0.29, 0.717) is 19.3 Å². The van der Waals surface area contributed by atoms with Gasteiger partial charge in [-0.05, 0) is 62.1 Å². The van der Waals surface area contributed by atoms with Gasteiger partial charge >= 0.3 is 17.9 Å². The number of hydrogen-bond acceptors (Lipinski definition) is 7. The standard InChI is InChI=1S/C28H32FNO6/c1-34-28(33)26-23-15-14-22(17-24(26)36-27(32)20-10-12-21(29)13-11-20)30(23)16-6-5-9-25(31)35-18-19-7-3-2-4-8-19/h2-4,7-8,10-13,22-24,26H,5-6,9,14-18H2,1H3/t22?,23?,24-,26+/m0/s1. The van der Waals surface area contributed by atoms with Crippen molar-refractivity contribution in [3.8, 4) is 0 Å². The fraction of sp³-hybridized carbons (Fsp3) is 0.464. The third-order valence-electron chi connectivity index (χ3n) is 7.11. The maximum Gasteiger partial charge on any atom is 0.338 e. The highest BCUT2D eigenvalue weighted by atomic mass is 19.1. The number of unbranched alkanes of at least 4 members (excludes halogenated alkanes) is 1. The van der Waals surface area contributed by atoms with Crippen LogP contribution >= 0.6 is 0 Å². The van der Waals surface area contributed by atoms with Crippen molar-refractivity contribution in [2.24, 2.45) is 5.92 Å². The van der Waals surface area contributed by atoms with Crippen molar-refractivity contribution in [3.63, 3.8) is 0 Å². The molecule has 2 aromatic rings. The lowest BCUT2D eigenvalue weighted by Gasteiger charge is -2.42. The summed E-state index contributed by atoms with van der Waals surface area (Å²) in [7, 11) is 1.34. The minimum atomic E-state index is -0.600. The Morgan fingerprint density at radius 1 is 1.00 bits per heavy atom. The number of methoxy groups -OCH3 is 1. The van der Waals surface area contributed by atoms with Gasteiger partial charge in [-0.3, -0.25) is 14.5 Å². The molecule has 0 aliphatic carbocycles. The number of rotatable bonds is 10. The molecule has 0 amide bonds. The second-order valence-electron chi connectivity index (χ2n) is 9.38. The zero-order valence-corrected chi connectivity index (χ0v) is 20.4. The van der Waals surface area contributed by atoms with Gasteiger partial charge in [0.2, 0.25) is 0 Å². The molecule has 7 nitrogen and oxygen atoms in total. The van der Waals surface area contributed by atoms with Crippen molar-refractivity contribution in [1.82, 2.24) is 4.90 Å². The zero-order chi connectivity index (χ0) is 25.5. The molecule has 4 rings (SSSR count). The van der Waals surface area contributed by atoms with Gasteiger partial charge in [0, 0.05) is 24.9 Å². The first-order valence-corrected chi connectivity index (χ1v) is 12.5. The molecule has 0 radical (unpaired) electrons. The molecule has 0 aromatic heterocycles. The van der Waals surface area contributed by atoms with E-state index in [-0.39, 0.29) is 30.2 Å². The van der Waals surface area contributed by atoms with Crippen molar-refractivity contribution in [3.05, 3.63) is 71.5 Å². The van der Waals surface area contributed by atoms with Crippen LogP contribution < -0.4 is 0 Å². The molecule has 8 heteroatoms. The number of piperidine rings is 1. The summed E-state index contributed by atoms with van der Waals surface area (Å²) in [6.45, 7) is 1.02. The molecule has 0 saturated carbocycles. The van der Waals surface area contributed by atoms with Gasteiger partial charge in [0.15, 0.2) is 0 Å². The Hall–Kier alpha value is -3.26. The first kappa shape index (κ1) is 25.8. The molecule has 2 saturated heterocycles. The monoisotopic (exact) mass is 497 g/mol. The number of nitrogens with zero attached hydrogens (tertiary/aromatic N) is 1. The second kappa shape index (κ2) is 12.1. The predicted octanol–water partition coefficient (Wildman–Crippen LogP) is 4.29. The number of ether oxygens (including phenoxy) is 3. The molecule has 2 unspecified atom stereocenters. The van der Waals surface area contributed by atoms with Crippen LogP contribution in [0.25, 0.3) is 0 Å². The maximum absolute atomic E-state index is 13.2. The van der Waals surface area contributed by atoms with E-state index in [1.807, 2.05) is 30.3 Å². The average Bonchev–Trinajstić information content (AvgIpc) is 3.17. The Balaban J connectivity index is 1.29. The molecule has 192 valence electrons. The molecule has 0 N–H and O–H groups in total. The van der Waals surface area contributed by atoms with E-state index in [1.54, 1.807) is 0 Å². The fourth-order valence-electron chi connectivity index (χ4n) is 5.35. The van der Waals surface area contributed by atoms with E-state index in [9.17, 15) is 18.8 Å². The van der Waals surface area contributed by atoms with E-state index in [4.69, 9.17) is 14.2 Å². The number of benzene rings is 2. The molecule has 4 atom stereocenters. The molecular formula is C28H32FNO6. The first-order chi connectivity index (χ1) is 17.5. The lowest BCUT2D eigenvalue weighted by Crippen LogP contribution is -2.55. The largest absolute Gasteiger partial charge is 0.469 e. The van der Waals surface area contributed by atoms with Gasteiger partial charge in [-0.25, -0.2) is 9.18 Å². The van der Waals surface area contributed by atoms with Crippen LogP contribution in [0, 0.1) is 11.7 Å². The fourth-order valence-corrected chi connectivity index (χ4v) is 5.35. The molecule has 2 heterocycles. The average molecular weight is 498 g/mol. The highest BCUT2D eigenvalue weighted by Crippen LogP contribution is 2.41. The third-order valence-corrected chi connectivity index (χ3v) is 7.11. The van der Waals surface area contributed by atoms with Crippen LogP contribution in [-0.2, 0) is 30.4 Å². The molecule has 2 aliphatic heterocycles. The van der Waals surface area contributed by atoms with Crippen LogP contribution in [-0.4, -0.2) is 54.7 Å². The molecule has 36 heavy (non-hydrogen) atoms. The quantitative estimate of drug-likeness (QED) is 0.275. The van der Waals surface area contributed by atoms with Crippen LogP contribution in [0.1, 0.15) is 54.4 Å². The Morgan fingerprint density at radius 3 is 2.47 bits per heavy atom. The molecular weight excluding hydrogens is 465 g/mol. The van der Waals surface area contributed by atoms with Crippen LogP contribution in [0.2, 0.25) is 0 Å². The summed E-state index contributed by atoms with van der Waals surface area (Å²) in [4.78, 5) is 39.8. The van der Waals surface area contributed by atoms with Gasteiger partial charge in [-0.2, -0.15) is 0 Å². The summed E-state index contributed by atoms with van der Waals surface area (Å²) >= 11 is 0. The van der Waals surface area contributed by atoms with Crippen molar-refractivity contribution in [2.45, 2.75) is 63.3 Å². The SMILES string of the molecule is COC(=O)[C@@H]1C2CCC(C[C@@H]1OC(=O)c1ccc(F)cc1)N2CCCCC(=O)OCc1ccccc1. The van der Waals surface area contributed by atoms with Crippen molar-refractivity contribution in [2.75, 3.05) is 13.7 Å². The molecule has 2 bridgehead atoms. The number of fused-ring (bicyclic) bond motifs is 2. The van der Waals surface area contributed by atoms with E-state index in [2.05, 4.69) is 4.90 Å². The summed E-state index contributed by atoms with van der Waals surface area (Å²) in [5, 5.41) is 0. The van der Waals surface area contributed by atoms with Crippen LogP contribution in [0.4, 0.5) is 4.39 Å². The van der Waals surface area contributed by atoms with Crippen molar-refractivity contribution >= 4 is 17.9 Å². The van der Waals surface area contributed by atoms with E-state index < -0.39 is 29.8 Å². The normalized spacial score (nSPS) is 23.2. The van der Waals surface area contributed by atoms with Crippen LogP contribution in [0.3, 0.4) is 0 Å². The number of carbonyl (C=O) groups is 3. The molecule has 2 fully saturated rings. The van der Waals surface area contributed by atoms with E-state index >= 15 is 0 Å². The Morgan fingerprint density at radius 2 is 1.75 bits per heavy atom. The number of esters is 3. The van der Waals surface area contributed by atoms with Crippen molar-refractivity contribution < 1.29 is 33.0 Å².